The molecule has 1 aliphatic carbocycles. The van der Waals surface area contributed by atoms with Gasteiger partial charge in [-0.25, -0.2) is 0 Å². The van der Waals surface area contributed by atoms with Gasteiger partial charge in [-0.05, 0) is 38.5 Å². The van der Waals surface area contributed by atoms with Gasteiger partial charge in [-0.1, -0.05) is 0 Å². The third-order valence-corrected chi connectivity index (χ3v) is 4.78. The van der Waals surface area contributed by atoms with Crippen LogP contribution in [0, 0.1) is 12.8 Å². The van der Waals surface area contributed by atoms with Crippen molar-refractivity contribution in [3.05, 3.63) is 11.4 Å². The van der Waals surface area contributed by atoms with Crippen LogP contribution in [0.25, 0.3) is 0 Å². The zero-order valence-electron chi connectivity index (χ0n) is 10.4. The molecule has 1 aliphatic heterocycles. The van der Waals surface area contributed by atoms with E-state index in [9.17, 15) is 9.90 Å². The maximum Gasteiger partial charge on any atom is 0.275 e. The molecule has 1 amide bonds. The van der Waals surface area contributed by atoms with E-state index in [-0.39, 0.29) is 5.91 Å². The van der Waals surface area contributed by atoms with E-state index in [0.717, 1.165) is 50.5 Å². The highest BCUT2D eigenvalue weighted by molar-refractivity contribution is 6.99. The molecule has 0 atom stereocenters. The van der Waals surface area contributed by atoms with Gasteiger partial charge in [0.2, 0.25) is 0 Å². The molecule has 1 saturated heterocycles. The van der Waals surface area contributed by atoms with Crippen LogP contribution in [0.3, 0.4) is 0 Å². The molecule has 98 valence electrons. The number of piperidine rings is 1. The monoisotopic (exact) mass is 267 g/mol. The predicted molar refractivity (Wildman–Crippen MR) is 67.5 cm³/mol. The molecule has 1 aromatic rings. The van der Waals surface area contributed by atoms with Crippen LogP contribution in [-0.2, 0) is 0 Å². The summed E-state index contributed by atoms with van der Waals surface area (Å²) in [7, 11) is 0. The van der Waals surface area contributed by atoms with Gasteiger partial charge >= 0.3 is 0 Å². The van der Waals surface area contributed by atoms with E-state index in [0.29, 0.717) is 17.3 Å². The largest absolute Gasteiger partial charge is 0.390 e. The van der Waals surface area contributed by atoms with Crippen LogP contribution in [0.1, 0.15) is 41.9 Å². The fourth-order valence-electron chi connectivity index (χ4n) is 2.73. The highest BCUT2D eigenvalue weighted by Gasteiger charge is 2.48. The Balaban J connectivity index is 1.63. The molecule has 6 heteroatoms. The number of nitrogens with zero attached hydrogens (tertiary/aromatic N) is 3. The van der Waals surface area contributed by atoms with Gasteiger partial charge in [0.15, 0.2) is 5.69 Å². The second-order valence-electron chi connectivity index (χ2n) is 5.37. The zero-order valence-corrected chi connectivity index (χ0v) is 11.2. The lowest BCUT2D eigenvalue weighted by Crippen LogP contribution is -2.42. The molecule has 2 fully saturated rings. The minimum atomic E-state index is -0.409. The van der Waals surface area contributed by atoms with Gasteiger partial charge in [-0.3, -0.25) is 4.79 Å². The number of carbonyl (C=O) groups is 1. The highest BCUT2D eigenvalue weighted by Crippen LogP contribution is 2.46. The molecule has 18 heavy (non-hydrogen) atoms. The number of likely N-dealkylation sites (tertiary alicyclic amines) is 1. The van der Waals surface area contributed by atoms with E-state index in [2.05, 4.69) is 8.75 Å². The molecule has 0 radical (unpaired) electrons. The van der Waals surface area contributed by atoms with Gasteiger partial charge < -0.3 is 10.0 Å². The number of aliphatic hydroxyl groups is 1. The molecule has 1 saturated carbocycles. The predicted octanol–water partition coefficient (Wildman–Crippen LogP) is 1.22. The summed E-state index contributed by atoms with van der Waals surface area (Å²) in [4.78, 5) is 14.1. The number of aromatic nitrogens is 2. The Morgan fingerprint density at radius 2 is 2.06 bits per heavy atom. The maximum atomic E-state index is 12.2. The Kier molecular flexibility index (Phi) is 2.86. The van der Waals surface area contributed by atoms with E-state index >= 15 is 0 Å². The Morgan fingerprint density at radius 1 is 1.39 bits per heavy atom. The number of hydrogen-bond acceptors (Lipinski definition) is 5. The summed E-state index contributed by atoms with van der Waals surface area (Å²) in [5.41, 5.74) is 0.796. The summed E-state index contributed by atoms with van der Waals surface area (Å²) in [5.74, 6) is 0.360. The minimum absolute atomic E-state index is 0.0116. The molecule has 2 heterocycles. The summed E-state index contributed by atoms with van der Waals surface area (Å²) in [6, 6.07) is 0. The maximum absolute atomic E-state index is 12.2. The smallest absolute Gasteiger partial charge is 0.275 e. The van der Waals surface area contributed by atoms with Crippen LogP contribution in [0.5, 0.6) is 0 Å². The first-order valence-electron chi connectivity index (χ1n) is 6.41. The lowest BCUT2D eigenvalue weighted by atomic mass is 9.89. The number of amides is 1. The Bertz CT molecular complexity index is 462. The fourth-order valence-corrected chi connectivity index (χ4v) is 3.27. The van der Waals surface area contributed by atoms with E-state index in [4.69, 9.17) is 0 Å². The second kappa shape index (κ2) is 4.28. The number of rotatable bonds is 2. The minimum Gasteiger partial charge on any atom is -0.390 e. The molecule has 1 aromatic heterocycles. The van der Waals surface area contributed by atoms with Crippen molar-refractivity contribution >= 4 is 17.6 Å². The van der Waals surface area contributed by atoms with Crippen molar-refractivity contribution in [2.45, 2.75) is 38.2 Å². The molecule has 2 aliphatic rings. The average Bonchev–Trinajstić information content (AvgIpc) is 2.99. The van der Waals surface area contributed by atoms with Gasteiger partial charge in [-0.15, -0.1) is 0 Å². The molecular formula is C12H17N3O2S. The van der Waals surface area contributed by atoms with Gasteiger partial charge in [0.25, 0.3) is 5.91 Å². The summed E-state index contributed by atoms with van der Waals surface area (Å²) < 4.78 is 8.10. The van der Waals surface area contributed by atoms with E-state index < -0.39 is 5.60 Å². The van der Waals surface area contributed by atoms with Crippen LogP contribution in [0.15, 0.2) is 0 Å². The SMILES string of the molecule is Cc1nsnc1C(=O)N1CCC(C2(O)CC2)CC1. The first kappa shape index (κ1) is 12.0. The summed E-state index contributed by atoms with van der Waals surface area (Å²) in [5, 5.41) is 10.1. The number of aryl methyl sites for hydroxylation is 1. The lowest BCUT2D eigenvalue weighted by molar-refractivity contribution is 0.0338. The summed E-state index contributed by atoms with van der Waals surface area (Å²) >= 11 is 1.09. The van der Waals surface area contributed by atoms with E-state index in [1.54, 1.807) is 0 Å². The Hall–Kier alpha value is -1.01. The molecule has 0 aromatic carbocycles. The molecule has 1 N–H and O–H groups in total. The van der Waals surface area contributed by atoms with Crippen molar-refractivity contribution in [3.63, 3.8) is 0 Å². The van der Waals surface area contributed by atoms with Crippen molar-refractivity contribution in [1.82, 2.24) is 13.6 Å². The van der Waals surface area contributed by atoms with Crippen LogP contribution >= 0.6 is 11.7 Å². The first-order chi connectivity index (χ1) is 8.60. The number of hydrogen-bond donors (Lipinski definition) is 1. The van der Waals surface area contributed by atoms with Gasteiger partial charge in [0.05, 0.1) is 23.0 Å². The summed E-state index contributed by atoms with van der Waals surface area (Å²) in [6.45, 7) is 3.27. The zero-order chi connectivity index (χ0) is 12.8. The van der Waals surface area contributed by atoms with E-state index in [1.165, 1.54) is 0 Å². The molecule has 0 spiro atoms. The van der Waals surface area contributed by atoms with Crippen LogP contribution in [0.4, 0.5) is 0 Å². The number of carbonyl (C=O) groups excluding carboxylic acids is 1. The lowest BCUT2D eigenvalue weighted by Gasteiger charge is -2.34. The van der Waals surface area contributed by atoms with Crippen LogP contribution in [0.2, 0.25) is 0 Å². The average molecular weight is 267 g/mol. The fraction of sp³-hybridized carbons (Fsp3) is 0.750. The molecule has 3 rings (SSSR count). The van der Waals surface area contributed by atoms with Crippen molar-refractivity contribution < 1.29 is 9.90 Å². The first-order valence-corrected chi connectivity index (χ1v) is 7.14. The van der Waals surface area contributed by atoms with Gasteiger partial charge in [-0.2, -0.15) is 8.75 Å². The van der Waals surface area contributed by atoms with Crippen molar-refractivity contribution in [1.29, 1.82) is 0 Å². The third kappa shape index (κ3) is 2.03. The van der Waals surface area contributed by atoms with Crippen LogP contribution in [-0.4, -0.2) is 43.4 Å². The quantitative estimate of drug-likeness (QED) is 0.875. The van der Waals surface area contributed by atoms with Crippen molar-refractivity contribution in [2.75, 3.05) is 13.1 Å². The summed E-state index contributed by atoms with van der Waals surface area (Å²) in [6.07, 6.45) is 3.67. The third-order valence-electron chi connectivity index (χ3n) is 4.16. The molecular weight excluding hydrogens is 250 g/mol. The van der Waals surface area contributed by atoms with Gasteiger partial charge in [0.1, 0.15) is 0 Å². The van der Waals surface area contributed by atoms with Crippen LogP contribution < -0.4 is 0 Å². The highest BCUT2D eigenvalue weighted by atomic mass is 32.1. The molecule has 5 nitrogen and oxygen atoms in total. The van der Waals surface area contributed by atoms with Crippen molar-refractivity contribution in [3.8, 4) is 0 Å². The standard InChI is InChI=1S/C12H17N3O2S/c1-8-10(14-18-13-8)11(16)15-6-2-9(3-7-15)12(17)4-5-12/h9,17H,2-7H2,1H3. The second-order valence-corrected chi connectivity index (χ2v) is 5.90. The normalized spacial score (nSPS) is 23.1. The Morgan fingerprint density at radius 3 is 2.56 bits per heavy atom. The molecule has 0 bridgehead atoms. The van der Waals surface area contributed by atoms with Gasteiger partial charge in [0, 0.05) is 13.1 Å². The Labute approximate surface area is 110 Å². The van der Waals surface area contributed by atoms with E-state index in [1.807, 2.05) is 11.8 Å². The topological polar surface area (TPSA) is 66.3 Å². The molecule has 0 unspecified atom stereocenters. The van der Waals surface area contributed by atoms with Crippen molar-refractivity contribution in [2.24, 2.45) is 5.92 Å².